The van der Waals surface area contributed by atoms with E-state index in [4.69, 9.17) is 9.47 Å². The first kappa shape index (κ1) is 16.3. The van der Waals surface area contributed by atoms with Crippen LogP contribution in [0.2, 0.25) is 0 Å². The molecule has 1 heterocycles. The first-order valence-corrected chi connectivity index (χ1v) is 7.81. The number of aryl methyl sites for hydroxylation is 1. The number of ether oxygens (including phenoxy) is 2. The van der Waals surface area contributed by atoms with Crippen molar-refractivity contribution in [3.63, 3.8) is 0 Å². The molecule has 1 aliphatic heterocycles. The summed E-state index contributed by atoms with van der Waals surface area (Å²) >= 11 is 0. The summed E-state index contributed by atoms with van der Waals surface area (Å²) in [5.74, 6) is 0.757. The lowest BCUT2D eigenvalue weighted by Crippen LogP contribution is -2.40. The molecule has 1 atom stereocenters. The van der Waals surface area contributed by atoms with Gasteiger partial charge in [0.2, 0.25) is 0 Å². The van der Waals surface area contributed by atoms with E-state index in [9.17, 15) is 10.2 Å². The third-order valence-electron chi connectivity index (χ3n) is 3.94. The van der Waals surface area contributed by atoms with Gasteiger partial charge in [0.05, 0.1) is 11.7 Å². The van der Waals surface area contributed by atoms with E-state index in [1.165, 1.54) is 5.56 Å². The SMILES string of the molecule is CCCc1ccc(OCC(O)CC2(O)CCOCC2)cc1. The van der Waals surface area contributed by atoms with Gasteiger partial charge in [-0.15, -0.1) is 0 Å². The van der Waals surface area contributed by atoms with Crippen LogP contribution in [0.4, 0.5) is 0 Å². The molecule has 1 aromatic rings. The minimum Gasteiger partial charge on any atom is -0.491 e. The summed E-state index contributed by atoms with van der Waals surface area (Å²) in [6, 6.07) is 7.97. The van der Waals surface area contributed by atoms with Crippen LogP contribution < -0.4 is 4.74 Å². The van der Waals surface area contributed by atoms with Crippen molar-refractivity contribution in [2.75, 3.05) is 19.8 Å². The van der Waals surface area contributed by atoms with Crippen molar-refractivity contribution in [2.45, 2.75) is 50.7 Å². The zero-order valence-corrected chi connectivity index (χ0v) is 12.8. The highest BCUT2D eigenvalue weighted by atomic mass is 16.5. The molecule has 21 heavy (non-hydrogen) atoms. The van der Waals surface area contributed by atoms with Crippen molar-refractivity contribution in [1.82, 2.24) is 0 Å². The van der Waals surface area contributed by atoms with Gasteiger partial charge >= 0.3 is 0 Å². The number of rotatable bonds is 7. The second-order valence-corrected chi connectivity index (χ2v) is 5.90. The van der Waals surface area contributed by atoms with E-state index < -0.39 is 11.7 Å². The normalized spacial score (nSPS) is 19.2. The molecule has 1 fully saturated rings. The summed E-state index contributed by atoms with van der Waals surface area (Å²) in [6.45, 7) is 3.48. The van der Waals surface area contributed by atoms with Crippen molar-refractivity contribution in [1.29, 1.82) is 0 Å². The molecule has 2 N–H and O–H groups in total. The molecule has 1 saturated heterocycles. The van der Waals surface area contributed by atoms with Gasteiger partial charge in [-0.1, -0.05) is 25.5 Å². The van der Waals surface area contributed by atoms with Gasteiger partial charge in [-0.2, -0.15) is 0 Å². The predicted octanol–water partition coefficient (Wildman–Crippen LogP) is 2.31. The molecule has 4 heteroatoms. The van der Waals surface area contributed by atoms with Crippen molar-refractivity contribution in [3.8, 4) is 5.75 Å². The summed E-state index contributed by atoms with van der Waals surface area (Å²) in [5.41, 5.74) is 0.480. The van der Waals surface area contributed by atoms with Crippen LogP contribution in [0, 0.1) is 0 Å². The number of hydrogen-bond acceptors (Lipinski definition) is 4. The van der Waals surface area contributed by atoms with Gasteiger partial charge in [0.15, 0.2) is 0 Å². The average molecular weight is 294 g/mol. The van der Waals surface area contributed by atoms with Crippen molar-refractivity contribution >= 4 is 0 Å². The number of hydrogen-bond donors (Lipinski definition) is 2. The van der Waals surface area contributed by atoms with E-state index in [-0.39, 0.29) is 6.61 Å². The maximum atomic E-state index is 10.3. The highest BCUT2D eigenvalue weighted by Crippen LogP contribution is 2.26. The minimum atomic E-state index is -0.813. The molecule has 0 aliphatic carbocycles. The summed E-state index contributed by atoms with van der Waals surface area (Å²) in [6.07, 6.45) is 3.03. The maximum absolute atomic E-state index is 10.3. The average Bonchev–Trinajstić information content (AvgIpc) is 2.47. The van der Waals surface area contributed by atoms with Crippen LogP contribution in [-0.4, -0.2) is 41.7 Å². The first-order chi connectivity index (χ1) is 10.1. The van der Waals surface area contributed by atoms with E-state index in [0.717, 1.165) is 18.6 Å². The van der Waals surface area contributed by atoms with Gasteiger partial charge in [-0.25, -0.2) is 0 Å². The Hall–Kier alpha value is -1.10. The van der Waals surface area contributed by atoms with Gasteiger partial charge < -0.3 is 19.7 Å². The zero-order valence-electron chi connectivity index (χ0n) is 12.8. The molecule has 4 nitrogen and oxygen atoms in total. The Labute approximate surface area is 126 Å². The van der Waals surface area contributed by atoms with Gasteiger partial charge in [-0.05, 0) is 37.0 Å². The van der Waals surface area contributed by atoms with Gasteiger partial charge in [-0.3, -0.25) is 0 Å². The zero-order chi connectivity index (χ0) is 15.1. The van der Waals surface area contributed by atoms with Crippen LogP contribution >= 0.6 is 0 Å². The molecule has 0 bridgehead atoms. The Morgan fingerprint density at radius 2 is 1.90 bits per heavy atom. The van der Waals surface area contributed by atoms with E-state index in [1.807, 2.05) is 12.1 Å². The van der Waals surface area contributed by atoms with E-state index >= 15 is 0 Å². The lowest BCUT2D eigenvalue weighted by atomic mass is 9.88. The van der Waals surface area contributed by atoms with Gasteiger partial charge in [0.1, 0.15) is 12.4 Å². The van der Waals surface area contributed by atoms with E-state index in [1.54, 1.807) is 0 Å². The summed E-state index contributed by atoms with van der Waals surface area (Å²) in [4.78, 5) is 0. The lowest BCUT2D eigenvalue weighted by molar-refractivity contribution is -0.0906. The monoisotopic (exact) mass is 294 g/mol. The van der Waals surface area contributed by atoms with Crippen LogP contribution in [0.5, 0.6) is 5.75 Å². The smallest absolute Gasteiger partial charge is 0.119 e. The molecular formula is C17H26O4. The van der Waals surface area contributed by atoms with Gasteiger partial charge in [0, 0.05) is 19.6 Å². The first-order valence-electron chi connectivity index (χ1n) is 7.81. The fraction of sp³-hybridized carbons (Fsp3) is 0.647. The Bertz CT molecular complexity index is 409. The molecule has 0 saturated carbocycles. The molecule has 2 rings (SSSR count). The predicted molar refractivity (Wildman–Crippen MR) is 81.6 cm³/mol. The van der Waals surface area contributed by atoms with Crippen molar-refractivity contribution in [3.05, 3.63) is 29.8 Å². The fourth-order valence-corrected chi connectivity index (χ4v) is 2.69. The summed E-state index contributed by atoms with van der Waals surface area (Å²) in [5, 5.41) is 20.4. The summed E-state index contributed by atoms with van der Waals surface area (Å²) < 4.78 is 10.8. The second-order valence-electron chi connectivity index (χ2n) is 5.90. The lowest BCUT2D eigenvalue weighted by Gasteiger charge is -2.33. The second kappa shape index (κ2) is 7.78. The molecule has 1 aliphatic rings. The maximum Gasteiger partial charge on any atom is 0.119 e. The molecule has 0 amide bonds. The van der Waals surface area contributed by atoms with Crippen molar-refractivity contribution < 1.29 is 19.7 Å². The minimum absolute atomic E-state index is 0.205. The fourth-order valence-electron chi connectivity index (χ4n) is 2.69. The van der Waals surface area contributed by atoms with Gasteiger partial charge in [0.25, 0.3) is 0 Å². The molecule has 0 spiro atoms. The van der Waals surface area contributed by atoms with Crippen LogP contribution in [0.1, 0.15) is 38.2 Å². The van der Waals surface area contributed by atoms with Crippen molar-refractivity contribution in [2.24, 2.45) is 0 Å². The van der Waals surface area contributed by atoms with Crippen LogP contribution in [0.15, 0.2) is 24.3 Å². The van der Waals surface area contributed by atoms with E-state index in [0.29, 0.717) is 32.5 Å². The molecule has 1 unspecified atom stereocenters. The molecule has 1 aromatic carbocycles. The number of aliphatic hydroxyl groups is 2. The molecular weight excluding hydrogens is 268 g/mol. The Morgan fingerprint density at radius 3 is 2.52 bits per heavy atom. The van der Waals surface area contributed by atoms with E-state index in [2.05, 4.69) is 19.1 Å². The highest BCUT2D eigenvalue weighted by molar-refractivity contribution is 5.27. The molecule has 0 aromatic heterocycles. The third-order valence-corrected chi connectivity index (χ3v) is 3.94. The van der Waals surface area contributed by atoms with Crippen LogP contribution in [-0.2, 0) is 11.2 Å². The Kier molecular flexibility index (Phi) is 6.03. The standard InChI is InChI=1S/C17H26O4/c1-2-3-14-4-6-16(7-5-14)21-13-15(18)12-17(19)8-10-20-11-9-17/h4-7,15,18-19H,2-3,8-13H2,1H3. The highest BCUT2D eigenvalue weighted by Gasteiger charge is 2.32. The molecule has 118 valence electrons. The van der Waals surface area contributed by atoms with Crippen LogP contribution in [0.25, 0.3) is 0 Å². The number of benzene rings is 1. The van der Waals surface area contributed by atoms with Crippen LogP contribution in [0.3, 0.4) is 0 Å². The quantitative estimate of drug-likeness (QED) is 0.810. The Balaban J connectivity index is 1.76. The largest absolute Gasteiger partial charge is 0.491 e. The molecule has 0 radical (unpaired) electrons. The summed E-state index contributed by atoms with van der Waals surface area (Å²) in [7, 11) is 0. The number of aliphatic hydroxyl groups excluding tert-OH is 1. The topological polar surface area (TPSA) is 58.9 Å². The Morgan fingerprint density at radius 1 is 1.24 bits per heavy atom. The third kappa shape index (κ3) is 5.30.